The van der Waals surface area contributed by atoms with Gasteiger partial charge >= 0.3 is 0 Å². The van der Waals surface area contributed by atoms with Crippen molar-refractivity contribution >= 4 is 0 Å². The molecule has 0 N–H and O–H groups in total. The fourth-order valence-corrected chi connectivity index (χ4v) is 2.69. The van der Waals surface area contributed by atoms with E-state index in [2.05, 4.69) is 0 Å². The predicted octanol–water partition coefficient (Wildman–Crippen LogP) is 1.66. The Morgan fingerprint density at radius 1 is 0.714 bits per heavy atom. The van der Waals surface area contributed by atoms with E-state index < -0.39 is 0 Å². The van der Waals surface area contributed by atoms with Crippen LogP contribution in [0.25, 0.3) is 0 Å². The van der Waals surface area contributed by atoms with Crippen molar-refractivity contribution in [3.8, 4) is 0 Å². The summed E-state index contributed by atoms with van der Waals surface area (Å²) in [5.74, 6) is 5.03. The van der Waals surface area contributed by atoms with E-state index in [4.69, 9.17) is 0 Å². The van der Waals surface area contributed by atoms with Crippen molar-refractivity contribution in [2.24, 2.45) is 23.7 Å². The van der Waals surface area contributed by atoms with Crippen LogP contribution in [0, 0.1) is 23.7 Å². The molecule has 3 fully saturated rings. The first-order chi connectivity index (χ1) is 3.47. The minimum Gasteiger partial charge on any atom is -0.0496 e. The lowest BCUT2D eigenvalue weighted by Crippen LogP contribution is -2.38. The average molecular weight is 94.2 g/mol. The monoisotopic (exact) mass is 94.1 g/mol. The Morgan fingerprint density at radius 2 is 1.29 bits per heavy atom. The summed E-state index contributed by atoms with van der Waals surface area (Å²) in [5, 5.41) is 0. The minimum absolute atomic E-state index is 1.25. The van der Waals surface area contributed by atoms with Crippen LogP contribution in [0.3, 0.4) is 0 Å². The molecule has 0 aliphatic heterocycles. The van der Waals surface area contributed by atoms with Crippen molar-refractivity contribution in [1.82, 2.24) is 0 Å². The number of hydrogen-bond acceptors (Lipinski definition) is 0. The molecule has 0 saturated heterocycles. The molecule has 0 bridgehead atoms. The summed E-state index contributed by atoms with van der Waals surface area (Å²) in [6.07, 6.45) is 4.80. The highest BCUT2D eigenvalue weighted by atomic mass is 14.7. The van der Waals surface area contributed by atoms with Gasteiger partial charge in [-0.1, -0.05) is 0 Å². The molecule has 0 spiro atoms. The Hall–Kier alpha value is 0. The number of hydrogen-bond donors (Lipinski definition) is 0. The third-order valence-electron chi connectivity index (χ3n) is 3.37. The van der Waals surface area contributed by atoms with E-state index in [-0.39, 0.29) is 0 Å². The topological polar surface area (TPSA) is 0 Å². The molecule has 0 aromatic carbocycles. The molecule has 0 radical (unpaired) electrons. The van der Waals surface area contributed by atoms with Crippen LogP contribution in [-0.2, 0) is 0 Å². The molecule has 0 amide bonds. The van der Waals surface area contributed by atoms with E-state index in [0.717, 1.165) is 0 Å². The Kier molecular flexibility index (Phi) is 0.296. The van der Waals surface area contributed by atoms with Crippen molar-refractivity contribution < 1.29 is 0 Å². The number of fused-ring (bicyclic) bond motifs is 4. The lowest BCUT2D eigenvalue weighted by atomic mass is 9.60. The zero-order valence-corrected chi connectivity index (χ0v) is 4.43. The van der Waals surface area contributed by atoms with Crippen LogP contribution in [0.5, 0.6) is 0 Å². The summed E-state index contributed by atoms with van der Waals surface area (Å²) in [4.78, 5) is 0. The van der Waals surface area contributed by atoms with Crippen LogP contribution in [0.1, 0.15) is 19.3 Å². The van der Waals surface area contributed by atoms with E-state index in [1.165, 1.54) is 23.7 Å². The molecule has 3 aliphatic rings. The Bertz CT molecular complexity index is 103. The third-order valence-corrected chi connectivity index (χ3v) is 3.37. The summed E-state index contributed by atoms with van der Waals surface area (Å²) in [7, 11) is 0. The van der Waals surface area contributed by atoms with Gasteiger partial charge in [0.1, 0.15) is 0 Å². The molecule has 0 nitrogen and oxygen atoms in total. The molecule has 0 aromatic heterocycles. The van der Waals surface area contributed by atoms with E-state index in [0.29, 0.717) is 0 Å². The van der Waals surface area contributed by atoms with E-state index in [1.807, 2.05) is 0 Å². The molecule has 3 aliphatic carbocycles. The van der Waals surface area contributed by atoms with Gasteiger partial charge in [0, 0.05) is 0 Å². The highest BCUT2D eigenvalue weighted by Gasteiger charge is 2.64. The van der Waals surface area contributed by atoms with Crippen molar-refractivity contribution in [2.75, 3.05) is 0 Å². The molecule has 7 heavy (non-hydrogen) atoms. The summed E-state index contributed by atoms with van der Waals surface area (Å²) < 4.78 is 0. The Labute approximate surface area is 43.9 Å². The third kappa shape index (κ3) is 0.181. The van der Waals surface area contributed by atoms with Gasteiger partial charge in [0.2, 0.25) is 0 Å². The highest BCUT2D eigenvalue weighted by Crippen LogP contribution is 2.71. The molecule has 4 atom stereocenters. The first-order valence-electron chi connectivity index (χ1n) is 3.47. The number of rotatable bonds is 0. The molecular formula is C7H10. The van der Waals surface area contributed by atoms with Gasteiger partial charge in [0.15, 0.2) is 0 Å². The van der Waals surface area contributed by atoms with Gasteiger partial charge in [-0.3, -0.25) is 0 Å². The van der Waals surface area contributed by atoms with Crippen molar-refractivity contribution in [2.45, 2.75) is 19.3 Å². The Balaban J connectivity index is 1.98. The van der Waals surface area contributed by atoms with Crippen molar-refractivity contribution in [1.29, 1.82) is 0 Å². The highest BCUT2D eigenvalue weighted by molar-refractivity contribution is 5.13. The molecule has 0 heteroatoms. The zero-order chi connectivity index (χ0) is 4.43. The fraction of sp³-hybridized carbons (Fsp3) is 1.00. The van der Waals surface area contributed by atoms with Crippen LogP contribution in [0.2, 0.25) is 0 Å². The first kappa shape index (κ1) is 3.11. The SMILES string of the molecule is C1CC2C1C1CC21. The molecule has 4 unspecified atom stereocenters. The smallest absolute Gasteiger partial charge is 0.0349 e. The molecule has 38 valence electrons. The van der Waals surface area contributed by atoms with Crippen LogP contribution in [-0.4, -0.2) is 0 Å². The molecular weight excluding hydrogens is 84.1 g/mol. The summed E-state index contributed by atoms with van der Waals surface area (Å²) in [5.41, 5.74) is 0. The van der Waals surface area contributed by atoms with Gasteiger partial charge < -0.3 is 0 Å². The lowest BCUT2D eigenvalue weighted by molar-refractivity contribution is 0.0372. The fourth-order valence-electron chi connectivity index (χ4n) is 2.69. The van der Waals surface area contributed by atoms with E-state index >= 15 is 0 Å². The van der Waals surface area contributed by atoms with Crippen molar-refractivity contribution in [3.63, 3.8) is 0 Å². The van der Waals surface area contributed by atoms with Gasteiger partial charge in [0.25, 0.3) is 0 Å². The van der Waals surface area contributed by atoms with E-state index in [1.54, 1.807) is 19.3 Å². The summed E-state index contributed by atoms with van der Waals surface area (Å²) in [6, 6.07) is 0. The molecule has 0 heterocycles. The maximum Gasteiger partial charge on any atom is -0.0349 e. The van der Waals surface area contributed by atoms with Gasteiger partial charge in [-0.2, -0.15) is 0 Å². The molecule has 0 aromatic rings. The second-order valence-corrected chi connectivity index (χ2v) is 3.47. The second-order valence-electron chi connectivity index (χ2n) is 3.47. The Morgan fingerprint density at radius 3 is 1.57 bits per heavy atom. The quantitative estimate of drug-likeness (QED) is 0.428. The van der Waals surface area contributed by atoms with Gasteiger partial charge in [0.05, 0.1) is 0 Å². The first-order valence-corrected chi connectivity index (χ1v) is 3.47. The van der Waals surface area contributed by atoms with Crippen molar-refractivity contribution in [3.05, 3.63) is 0 Å². The normalized spacial score (nSPS) is 72.0. The maximum absolute atomic E-state index is 1.62. The summed E-state index contributed by atoms with van der Waals surface area (Å²) in [6.45, 7) is 0. The maximum atomic E-state index is 1.62. The van der Waals surface area contributed by atoms with Gasteiger partial charge in [-0.15, -0.1) is 0 Å². The van der Waals surface area contributed by atoms with Crippen LogP contribution in [0.15, 0.2) is 0 Å². The van der Waals surface area contributed by atoms with Crippen LogP contribution >= 0.6 is 0 Å². The van der Waals surface area contributed by atoms with Crippen LogP contribution < -0.4 is 0 Å². The standard InChI is InChI=1S/C7H10/c1-2-5-4(1)6-3-7(5)6/h4-7H,1-3H2. The van der Waals surface area contributed by atoms with Gasteiger partial charge in [-0.25, -0.2) is 0 Å². The second kappa shape index (κ2) is 0.667. The lowest BCUT2D eigenvalue weighted by Gasteiger charge is -2.45. The summed E-state index contributed by atoms with van der Waals surface area (Å²) >= 11 is 0. The average Bonchev–Trinajstić information content (AvgIpc) is 2.14. The molecule has 3 saturated carbocycles. The predicted molar refractivity (Wildman–Crippen MR) is 27.8 cm³/mol. The zero-order valence-electron chi connectivity index (χ0n) is 4.43. The van der Waals surface area contributed by atoms with Gasteiger partial charge in [-0.05, 0) is 42.9 Å². The van der Waals surface area contributed by atoms with Crippen LogP contribution in [0.4, 0.5) is 0 Å². The molecule has 3 rings (SSSR count). The van der Waals surface area contributed by atoms with E-state index in [9.17, 15) is 0 Å². The minimum atomic E-state index is 1.25. The largest absolute Gasteiger partial charge is 0.0496 e.